The SMILES string of the molecule is CNCc1ccccc1-c1cc2c(-c3cccc(NC(=O)c4nccs4)c3C)ccc(C(N)=O)c2[nH]1. The van der Waals surface area contributed by atoms with E-state index in [1.54, 1.807) is 17.6 Å². The van der Waals surface area contributed by atoms with E-state index < -0.39 is 5.91 Å². The minimum atomic E-state index is -0.496. The maximum absolute atomic E-state index is 12.6. The zero-order valence-corrected chi connectivity index (χ0v) is 20.7. The van der Waals surface area contributed by atoms with Crippen molar-refractivity contribution in [1.29, 1.82) is 0 Å². The minimum Gasteiger partial charge on any atom is -0.366 e. The van der Waals surface area contributed by atoms with Crippen molar-refractivity contribution in [2.24, 2.45) is 5.73 Å². The van der Waals surface area contributed by atoms with Crippen LogP contribution in [0, 0.1) is 6.92 Å². The van der Waals surface area contributed by atoms with Gasteiger partial charge in [-0.3, -0.25) is 9.59 Å². The minimum absolute atomic E-state index is 0.246. The van der Waals surface area contributed by atoms with Crippen molar-refractivity contribution in [1.82, 2.24) is 15.3 Å². The fourth-order valence-corrected chi connectivity index (χ4v) is 5.04. The molecule has 5 rings (SSSR count). The zero-order chi connectivity index (χ0) is 25.2. The highest BCUT2D eigenvalue weighted by molar-refractivity contribution is 7.11. The molecule has 0 fully saturated rings. The topological polar surface area (TPSA) is 113 Å². The molecule has 0 atom stereocenters. The Labute approximate surface area is 212 Å². The van der Waals surface area contributed by atoms with E-state index in [1.807, 2.05) is 50.4 Å². The number of rotatable bonds is 7. The number of primary amides is 1. The Hall–Kier alpha value is -4.27. The Kier molecular flexibility index (Phi) is 6.37. The van der Waals surface area contributed by atoms with Crippen LogP contribution in [0.4, 0.5) is 5.69 Å². The molecule has 0 spiro atoms. The van der Waals surface area contributed by atoms with Crippen LogP contribution in [-0.2, 0) is 6.54 Å². The highest BCUT2D eigenvalue weighted by Crippen LogP contribution is 2.38. The number of thiazole rings is 1. The number of nitrogens with zero attached hydrogens (tertiary/aromatic N) is 1. The van der Waals surface area contributed by atoms with Crippen molar-refractivity contribution in [2.45, 2.75) is 13.5 Å². The van der Waals surface area contributed by atoms with Crippen LogP contribution >= 0.6 is 11.3 Å². The van der Waals surface area contributed by atoms with Gasteiger partial charge >= 0.3 is 0 Å². The van der Waals surface area contributed by atoms with E-state index in [9.17, 15) is 9.59 Å². The van der Waals surface area contributed by atoms with E-state index >= 15 is 0 Å². The number of hydrogen-bond acceptors (Lipinski definition) is 5. The van der Waals surface area contributed by atoms with Crippen molar-refractivity contribution in [3.8, 4) is 22.4 Å². The second-order valence-electron chi connectivity index (χ2n) is 8.45. The van der Waals surface area contributed by atoms with Crippen LogP contribution in [0.15, 0.2) is 72.2 Å². The summed E-state index contributed by atoms with van der Waals surface area (Å²) in [5.74, 6) is -0.741. The fourth-order valence-electron chi connectivity index (χ4n) is 4.51. The Morgan fingerprint density at radius 2 is 1.83 bits per heavy atom. The molecule has 0 radical (unpaired) electrons. The number of nitrogens with one attached hydrogen (secondary N) is 3. The maximum Gasteiger partial charge on any atom is 0.284 e. The number of amides is 2. The molecule has 0 unspecified atom stereocenters. The summed E-state index contributed by atoms with van der Waals surface area (Å²) in [5, 5.41) is 9.24. The quantitative estimate of drug-likeness (QED) is 0.244. The lowest BCUT2D eigenvalue weighted by molar-refractivity contribution is 0.0998. The molecular weight excluding hydrogens is 470 g/mol. The Morgan fingerprint density at radius 1 is 1.03 bits per heavy atom. The van der Waals surface area contributed by atoms with E-state index in [2.05, 4.69) is 38.8 Å². The molecule has 3 aromatic carbocycles. The van der Waals surface area contributed by atoms with E-state index in [-0.39, 0.29) is 5.91 Å². The van der Waals surface area contributed by atoms with Crippen molar-refractivity contribution >= 4 is 39.7 Å². The van der Waals surface area contributed by atoms with Gasteiger partial charge in [-0.15, -0.1) is 11.3 Å². The average molecular weight is 496 g/mol. The van der Waals surface area contributed by atoms with Gasteiger partial charge in [0.25, 0.3) is 11.8 Å². The Balaban J connectivity index is 1.65. The predicted molar refractivity (Wildman–Crippen MR) is 145 cm³/mol. The standard InChI is InChI=1S/C28H25N5O2S/c1-16-18(8-5-9-23(16)33-27(35)28-31-12-13-36-28)20-10-11-21(26(29)34)25-22(20)14-24(32-25)19-7-4-3-6-17(19)15-30-2/h3-14,30,32H,15H2,1-2H3,(H2,29,34)(H,33,35). The van der Waals surface area contributed by atoms with Crippen molar-refractivity contribution in [3.05, 3.63) is 93.9 Å². The molecule has 2 aromatic heterocycles. The molecule has 2 amide bonds. The number of aromatic amines is 1. The maximum atomic E-state index is 12.6. The molecule has 0 aliphatic rings. The summed E-state index contributed by atoms with van der Waals surface area (Å²) >= 11 is 1.29. The summed E-state index contributed by atoms with van der Waals surface area (Å²) in [5.41, 5.74) is 13.4. The summed E-state index contributed by atoms with van der Waals surface area (Å²) in [7, 11) is 1.91. The molecule has 180 valence electrons. The summed E-state index contributed by atoms with van der Waals surface area (Å²) in [4.78, 5) is 32.4. The molecule has 36 heavy (non-hydrogen) atoms. The molecule has 7 nitrogen and oxygen atoms in total. The summed E-state index contributed by atoms with van der Waals surface area (Å²) in [6.07, 6.45) is 1.61. The number of carbonyl (C=O) groups excluding carboxylic acids is 2. The van der Waals surface area contributed by atoms with Gasteiger partial charge in [-0.05, 0) is 54.4 Å². The van der Waals surface area contributed by atoms with E-state index in [1.165, 1.54) is 11.3 Å². The van der Waals surface area contributed by atoms with Crippen LogP contribution in [-0.4, -0.2) is 28.8 Å². The molecule has 0 bridgehead atoms. The molecular formula is C28H25N5O2S. The predicted octanol–water partition coefficient (Wildman–Crippen LogP) is 5.34. The van der Waals surface area contributed by atoms with Gasteiger partial charge in [-0.1, -0.05) is 42.5 Å². The van der Waals surface area contributed by atoms with Crippen LogP contribution in [0.5, 0.6) is 0 Å². The van der Waals surface area contributed by atoms with Gasteiger partial charge in [-0.25, -0.2) is 4.98 Å². The number of H-pyrrole nitrogens is 1. The van der Waals surface area contributed by atoms with Crippen molar-refractivity contribution < 1.29 is 9.59 Å². The van der Waals surface area contributed by atoms with E-state index in [4.69, 9.17) is 5.73 Å². The van der Waals surface area contributed by atoms with Gasteiger partial charge in [0.15, 0.2) is 5.01 Å². The van der Waals surface area contributed by atoms with E-state index in [0.29, 0.717) is 28.3 Å². The lowest BCUT2D eigenvalue weighted by atomic mass is 9.94. The third kappa shape index (κ3) is 4.28. The molecule has 2 heterocycles. The number of nitrogens with two attached hydrogens (primary N) is 1. The van der Waals surface area contributed by atoms with Gasteiger partial charge in [0.2, 0.25) is 0 Å². The Bertz CT molecular complexity index is 1590. The molecule has 0 saturated carbocycles. The van der Waals surface area contributed by atoms with Crippen LogP contribution in [0.3, 0.4) is 0 Å². The first kappa shape index (κ1) is 23.5. The lowest BCUT2D eigenvalue weighted by Gasteiger charge is -2.14. The number of aromatic nitrogens is 2. The van der Waals surface area contributed by atoms with Gasteiger partial charge in [0.1, 0.15) is 0 Å². The van der Waals surface area contributed by atoms with Crippen LogP contribution in [0.25, 0.3) is 33.3 Å². The van der Waals surface area contributed by atoms with Gasteiger partial charge in [0, 0.05) is 40.5 Å². The number of benzene rings is 3. The Morgan fingerprint density at radius 3 is 2.58 bits per heavy atom. The normalized spacial score (nSPS) is 11.1. The second-order valence-corrected chi connectivity index (χ2v) is 9.35. The smallest absolute Gasteiger partial charge is 0.284 e. The fraction of sp³-hybridized carbons (Fsp3) is 0.107. The largest absolute Gasteiger partial charge is 0.366 e. The van der Waals surface area contributed by atoms with E-state index in [0.717, 1.165) is 38.9 Å². The third-order valence-corrected chi connectivity index (χ3v) is 7.00. The molecule has 8 heteroatoms. The van der Waals surface area contributed by atoms with Gasteiger partial charge < -0.3 is 21.4 Å². The summed E-state index contributed by atoms with van der Waals surface area (Å²) in [6, 6.07) is 19.6. The monoisotopic (exact) mass is 495 g/mol. The first-order chi connectivity index (χ1) is 17.5. The number of hydrogen-bond donors (Lipinski definition) is 4. The summed E-state index contributed by atoms with van der Waals surface area (Å²) < 4.78 is 0. The highest BCUT2D eigenvalue weighted by atomic mass is 32.1. The first-order valence-corrected chi connectivity index (χ1v) is 12.3. The first-order valence-electron chi connectivity index (χ1n) is 11.5. The van der Waals surface area contributed by atoms with Crippen molar-refractivity contribution in [3.63, 3.8) is 0 Å². The molecule has 0 aliphatic heterocycles. The highest BCUT2D eigenvalue weighted by Gasteiger charge is 2.19. The van der Waals surface area contributed by atoms with Crippen molar-refractivity contribution in [2.75, 3.05) is 12.4 Å². The van der Waals surface area contributed by atoms with Gasteiger partial charge in [-0.2, -0.15) is 0 Å². The second kappa shape index (κ2) is 9.77. The van der Waals surface area contributed by atoms with Crippen LogP contribution < -0.4 is 16.4 Å². The number of fused-ring (bicyclic) bond motifs is 1. The number of anilines is 1. The number of carbonyl (C=O) groups is 2. The molecule has 5 aromatic rings. The van der Waals surface area contributed by atoms with Crippen LogP contribution in [0.2, 0.25) is 0 Å². The molecule has 0 aliphatic carbocycles. The average Bonchev–Trinajstić information content (AvgIpc) is 3.56. The molecule has 0 saturated heterocycles. The van der Waals surface area contributed by atoms with Crippen LogP contribution in [0.1, 0.15) is 31.3 Å². The summed E-state index contributed by atoms with van der Waals surface area (Å²) in [6.45, 7) is 2.68. The molecule has 5 N–H and O–H groups in total. The van der Waals surface area contributed by atoms with Gasteiger partial charge in [0.05, 0.1) is 11.1 Å². The third-order valence-electron chi connectivity index (χ3n) is 6.23. The lowest BCUT2D eigenvalue weighted by Crippen LogP contribution is -2.13. The zero-order valence-electron chi connectivity index (χ0n) is 19.9.